The Morgan fingerprint density at radius 2 is 1.92 bits per heavy atom. The number of aromatic nitrogens is 5. The molecule has 204 valence electrons. The lowest BCUT2D eigenvalue weighted by Crippen LogP contribution is -2.41. The third-order valence-electron chi connectivity index (χ3n) is 6.84. The molecular formula is C24H28F3N7O3S. The van der Waals surface area contributed by atoms with Crippen molar-refractivity contribution in [2.75, 3.05) is 17.6 Å². The van der Waals surface area contributed by atoms with Crippen LogP contribution in [0.15, 0.2) is 35.5 Å². The topological polar surface area (TPSA) is 138 Å². The highest BCUT2D eigenvalue weighted by atomic mass is 32.2. The summed E-state index contributed by atoms with van der Waals surface area (Å²) < 4.78 is 39.0. The second-order valence-corrected chi connectivity index (χ2v) is 10.7. The van der Waals surface area contributed by atoms with Gasteiger partial charge in [-0.15, -0.1) is 5.10 Å². The molecule has 2 aromatic heterocycles. The predicted octanol–water partition coefficient (Wildman–Crippen LogP) is 2.65. The smallest absolute Gasteiger partial charge is 0.390 e. The molecule has 5 rings (SSSR count). The number of alkyl halides is 3. The van der Waals surface area contributed by atoms with E-state index in [4.69, 9.17) is 0 Å². The second kappa shape index (κ2) is 10.7. The number of hydrogen-bond acceptors (Lipinski definition) is 9. The minimum absolute atomic E-state index is 0.132. The summed E-state index contributed by atoms with van der Waals surface area (Å²) in [5.41, 5.74) is 1.90. The molecule has 2 unspecified atom stereocenters. The van der Waals surface area contributed by atoms with Gasteiger partial charge in [0.05, 0.1) is 18.1 Å². The Hall–Kier alpha value is -2.97. The van der Waals surface area contributed by atoms with Crippen molar-refractivity contribution in [1.82, 2.24) is 30.3 Å². The molecule has 4 N–H and O–H groups in total. The number of halogens is 3. The number of carbonyl (C=O) groups excluding carboxylic acids is 1. The maximum Gasteiger partial charge on any atom is 0.405 e. The van der Waals surface area contributed by atoms with Crippen molar-refractivity contribution < 1.29 is 28.2 Å². The summed E-state index contributed by atoms with van der Waals surface area (Å²) in [6, 6.07) is 9.35. The molecule has 2 heterocycles. The minimum Gasteiger partial charge on any atom is -0.390 e. The first-order valence-electron chi connectivity index (χ1n) is 12.4. The molecule has 2 aliphatic carbocycles. The van der Waals surface area contributed by atoms with Gasteiger partial charge in [-0.25, -0.2) is 14.6 Å². The largest absolute Gasteiger partial charge is 0.405 e. The van der Waals surface area contributed by atoms with Crippen molar-refractivity contribution in [3.63, 3.8) is 0 Å². The van der Waals surface area contributed by atoms with Gasteiger partial charge in [0, 0.05) is 17.7 Å². The van der Waals surface area contributed by atoms with Crippen molar-refractivity contribution in [3.8, 4) is 0 Å². The van der Waals surface area contributed by atoms with Crippen molar-refractivity contribution >= 4 is 34.7 Å². The molecule has 2 saturated carbocycles. The SMILES string of the molecule is CCCSc1nc(NC2CC2c2ccccc2)c2nnn([C@H]3C[C@@H](C(=O)NCC(F)(F)F)[C@H](O)[C@@H]3O)c2n1. The lowest BCUT2D eigenvalue weighted by molar-refractivity contribution is -0.143. The maximum absolute atomic E-state index is 12.6. The van der Waals surface area contributed by atoms with E-state index in [1.54, 1.807) is 5.32 Å². The molecule has 10 nitrogen and oxygen atoms in total. The highest BCUT2D eigenvalue weighted by Crippen LogP contribution is 2.43. The fourth-order valence-electron chi connectivity index (χ4n) is 4.82. The number of nitrogens with zero attached hydrogens (tertiary/aromatic N) is 5. The van der Waals surface area contributed by atoms with Crippen LogP contribution >= 0.6 is 11.8 Å². The van der Waals surface area contributed by atoms with E-state index in [0.29, 0.717) is 28.1 Å². The number of thioether (sulfide) groups is 1. The van der Waals surface area contributed by atoms with Gasteiger partial charge in [0.1, 0.15) is 12.6 Å². The number of aliphatic hydroxyl groups is 2. The van der Waals surface area contributed by atoms with Crippen molar-refractivity contribution in [2.45, 2.75) is 67.7 Å². The molecular weight excluding hydrogens is 523 g/mol. The molecule has 14 heteroatoms. The van der Waals surface area contributed by atoms with Crippen LogP contribution < -0.4 is 10.6 Å². The highest BCUT2D eigenvalue weighted by molar-refractivity contribution is 7.99. The zero-order chi connectivity index (χ0) is 27.0. The molecule has 0 bridgehead atoms. The van der Waals surface area contributed by atoms with E-state index in [-0.39, 0.29) is 12.5 Å². The molecule has 2 fully saturated rings. The lowest BCUT2D eigenvalue weighted by Gasteiger charge is -2.17. The number of anilines is 1. The first-order valence-corrected chi connectivity index (χ1v) is 13.4. The normalized spacial score (nSPS) is 27.0. The lowest BCUT2D eigenvalue weighted by atomic mass is 10.0. The van der Waals surface area contributed by atoms with Crippen LogP contribution in [0.3, 0.4) is 0 Å². The summed E-state index contributed by atoms with van der Waals surface area (Å²) >= 11 is 1.45. The van der Waals surface area contributed by atoms with Gasteiger partial charge in [-0.3, -0.25) is 4.79 Å². The van der Waals surface area contributed by atoms with E-state index in [1.165, 1.54) is 22.0 Å². The maximum atomic E-state index is 12.6. The Labute approximate surface area is 220 Å². The predicted molar refractivity (Wildman–Crippen MR) is 134 cm³/mol. The molecule has 6 atom stereocenters. The third kappa shape index (κ3) is 5.57. The van der Waals surface area contributed by atoms with E-state index in [1.807, 2.05) is 25.1 Å². The van der Waals surface area contributed by atoms with E-state index in [2.05, 4.69) is 37.7 Å². The zero-order valence-electron chi connectivity index (χ0n) is 20.5. The van der Waals surface area contributed by atoms with Gasteiger partial charge >= 0.3 is 6.18 Å². The van der Waals surface area contributed by atoms with Crippen LogP contribution in [-0.2, 0) is 4.79 Å². The molecule has 3 aromatic rings. The van der Waals surface area contributed by atoms with Crippen molar-refractivity contribution in [2.24, 2.45) is 5.92 Å². The van der Waals surface area contributed by atoms with Crippen LogP contribution in [0.5, 0.6) is 0 Å². The van der Waals surface area contributed by atoms with Gasteiger partial charge < -0.3 is 20.8 Å². The number of benzene rings is 1. The molecule has 0 saturated heterocycles. The Bertz CT molecular complexity index is 1290. The standard InChI is InChI=1S/C24H28F3N7O3S/c1-2-8-38-23-30-20(29-15-9-13(15)12-6-4-3-5-7-12)17-21(31-23)34(33-32-17)16-10-14(18(35)19(16)36)22(37)28-11-24(25,26)27/h3-7,13-16,18-19,35-36H,2,8-11H2,1H3,(H,28,37)(H,29,30,31)/t13?,14-,15?,16+,18+,19-/m1/s1. The molecule has 38 heavy (non-hydrogen) atoms. The van der Waals surface area contributed by atoms with E-state index in [0.717, 1.165) is 18.6 Å². The van der Waals surface area contributed by atoms with Crippen molar-refractivity contribution in [1.29, 1.82) is 0 Å². The van der Waals surface area contributed by atoms with Crippen LogP contribution in [-0.4, -0.2) is 77.8 Å². The molecule has 0 aliphatic heterocycles. The average molecular weight is 552 g/mol. The van der Waals surface area contributed by atoms with Gasteiger partial charge in [-0.05, 0) is 24.8 Å². The number of hydrogen-bond donors (Lipinski definition) is 4. The fraction of sp³-hybridized carbons (Fsp3) is 0.542. The van der Waals surface area contributed by atoms with Gasteiger partial charge in [-0.2, -0.15) is 13.2 Å². The number of fused-ring (bicyclic) bond motifs is 1. The molecule has 1 amide bonds. The summed E-state index contributed by atoms with van der Waals surface area (Å²) in [5, 5.41) is 35.3. The summed E-state index contributed by atoms with van der Waals surface area (Å²) in [6.45, 7) is 0.513. The first kappa shape index (κ1) is 26.6. The van der Waals surface area contributed by atoms with Crippen LogP contribution in [0.25, 0.3) is 11.2 Å². The third-order valence-corrected chi connectivity index (χ3v) is 7.90. The van der Waals surface area contributed by atoms with Gasteiger partial charge in [0.25, 0.3) is 0 Å². The number of aliphatic hydroxyl groups excluding tert-OH is 2. The van der Waals surface area contributed by atoms with Crippen LogP contribution in [0, 0.1) is 5.92 Å². The quantitative estimate of drug-likeness (QED) is 0.234. The highest BCUT2D eigenvalue weighted by Gasteiger charge is 2.48. The monoisotopic (exact) mass is 551 g/mol. The number of rotatable bonds is 9. The average Bonchev–Trinajstić information content (AvgIpc) is 3.43. The Balaban J connectivity index is 1.40. The first-order chi connectivity index (χ1) is 18.2. The molecule has 0 radical (unpaired) electrons. The van der Waals surface area contributed by atoms with Crippen molar-refractivity contribution in [3.05, 3.63) is 35.9 Å². The van der Waals surface area contributed by atoms with Crippen LogP contribution in [0.1, 0.15) is 43.7 Å². The molecule has 2 aliphatic rings. The number of amides is 1. The molecule has 0 spiro atoms. The number of carbonyl (C=O) groups is 1. The fourth-order valence-corrected chi connectivity index (χ4v) is 5.51. The summed E-state index contributed by atoms with van der Waals surface area (Å²) in [4.78, 5) is 21.6. The van der Waals surface area contributed by atoms with Crippen LogP contribution in [0.2, 0.25) is 0 Å². The van der Waals surface area contributed by atoms with Gasteiger partial charge in [0.2, 0.25) is 5.91 Å². The summed E-state index contributed by atoms with van der Waals surface area (Å²) in [7, 11) is 0. The van der Waals surface area contributed by atoms with E-state index in [9.17, 15) is 28.2 Å². The Morgan fingerprint density at radius 1 is 1.16 bits per heavy atom. The molecule has 1 aromatic carbocycles. The summed E-state index contributed by atoms with van der Waals surface area (Å²) in [6.07, 6.45) is -5.93. The van der Waals surface area contributed by atoms with Gasteiger partial charge in [-0.1, -0.05) is 54.2 Å². The summed E-state index contributed by atoms with van der Waals surface area (Å²) in [5.74, 6) is -0.642. The second-order valence-electron chi connectivity index (χ2n) is 9.64. The Kier molecular flexibility index (Phi) is 7.47. The zero-order valence-corrected chi connectivity index (χ0v) is 21.3. The van der Waals surface area contributed by atoms with Gasteiger partial charge in [0.15, 0.2) is 22.1 Å². The van der Waals surface area contributed by atoms with E-state index >= 15 is 0 Å². The Morgan fingerprint density at radius 3 is 2.63 bits per heavy atom. The number of nitrogens with one attached hydrogen (secondary N) is 2. The van der Waals surface area contributed by atoms with Crippen LogP contribution in [0.4, 0.5) is 19.0 Å². The minimum atomic E-state index is -4.59. The van der Waals surface area contributed by atoms with E-state index < -0.39 is 42.8 Å².